The average Bonchev–Trinajstić information content (AvgIpc) is 2.14. The molecule has 3 heteroatoms. The van der Waals surface area contributed by atoms with Crippen LogP contribution in [0.4, 0.5) is 4.39 Å². The molecule has 0 bridgehead atoms. The zero-order valence-electron chi connectivity index (χ0n) is 7.94. The molecule has 0 saturated heterocycles. The first-order chi connectivity index (χ1) is 6.59. The summed E-state index contributed by atoms with van der Waals surface area (Å²) >= 11 is 3.22. The molecule has 14 heavy (non-hydrogen) atoms. The maximum absolute atomic E-state index is 13.3. The number of fused-ring (bicyclic) bond motifs is 1. The summed E-state index contributed by atoms with van der Waals surface area (Å²) in [6.07, 6.45) is 0. The van der Waals surface area contributed by atoms with E-state index in [1.54, 1.807) is 0 Å². The Hall–Kier alpha value is -0.960. The second-order valence-electron chi connectivity index (χ2n) is 3.34. The van der Waals surface area contributed by atoms with E-state index in [-0.39, 0.29) is 5.82 Å². The number of hydrogen-bond donors (Lipinski definition) is 0. The molecule has 1 aromatic heterocycles. The normalized spacial score (nSPS) is 10.9. The summed E-state index contributed by atoms with van der Waals surface area (Å²) in [5, 5.41) is 0.827. The smallest absolute Gasteiger partial charge is 0.138 e. The Morgan fingerprint density at radius 2 is 2.00 bits per heavy atom. The molecular formula is C11H9BrFN. The van der Waals surface area contributed by atoms with Crippen LogP contribution in [0.2, 0.25) is 0 Å². The van der Waals surface area contributed by atoms with E-state index < -0.39 is 0 Å². The molecule has 72 valence electrons. The fourth-order valence-corrected chi connectivity index (χ4v) is 1.92. The lowest BCUT2D eigenvalue weighted by atomic mass is 10.1. The van der Waals surface area contributed by atoms with Crippen molar-refractivity contribution in [3.8, 4) is 0 Å². The molecule has 2 aromatic rings. The van der Waals surface area contributed by atoms with Gasteiger partial charge in [0.1, 0.15) is 5.82 Å². The standard InChI is InChI=1S/C11H9BrFN/c1-6-5-9(13)10(12)8-4-3-7(2)14-11(6)8/h3-5H,1-2H3. The summed E-state index contributed by atoms with van der Waals surface area (Å²) in [4.78, 5) is 4.38. The Labute approximate surface area is 90.1 Å². The third-order valence-corrected chi connectivity index (χ3v) is 3.00. The number of halogens is 2. The minimum absolute atomic E-state index is 0.236. The molecule has 0 fully saturated rings. The molecule has 1 aromatic carbocycles. The second kappa shape index (κ2) is 3.31. The van der Waals surface area contributed by atoms with Crippen LogP contribution in [-0.4, -0.2) is 4.98 Å². The fraction of sp³-hybridized carbons (Fsp3) is 0.182. The van der Waals surface area contributed by atoms with Crippen LogP contribution >= 0.6 is 15.9 Å². The maximum atomic E-state index is 13.3. The van der Waals surface area contributed by atoms with E-state index in [1.165, 1.54) is 6.07 Å². The van der Waals surface area contributed by atoms with Gasteiger partial charge in [-0.15, -0.1) is 0 Å². The predicted molar refractivity (Wildman–Crippen MR) is 58.9 cm³/mol. The van der Waals surface area contributed by atoms with Crippen LogP contribution in [0.1, 0.15) is 11.3 Å². The number of rotatable bonds is 0. The summed E-state index contributed by atoms with van der Waals surface area (Å²) in [6.45, 7) is 3.79. The van der Waals surface area contributed by atoms with Gasteiger partial charge in [-0.2, -0.15) is 0 Å². The Kier molecular flexibility index (Phi) is 2.27. The van der Waals surface area contributed by atoms with Crippen LogP contribution in [0.5, 0.6) is 0 Å². The zero-order chi connectivity index (χ0) is 10.3. The van der Waals surface area contributed by atoms with Gasteiger partial charge in [0, 0.05) is 11.1 Å². The highest BCUT2D eigenvalue weighted by molar-refractivity contribution is 9.10. The molecule has 0 atom stereocenters. The number of aromatic nitrogens is 1. The highest BCUT2D eigenvalue weighted by Crippen LogP contribution is 2.28. The molecule has 0 aliphatic rings. The van der Waals surface area contributed by atoms with Crippen molar-refractivity contribution in [3.63, 3.8) is 0 Å². The molecule has 0 radical (unpaired) electrons. The van der Waals surface area contributed by atoms with Crippen LogP contribution in [-0.2, 0) is 0 Å². The number of benzene rings is 1. The monoisotopic (exact) mass is 253 g/mol. The first-order valence-corrected chi connectivity index (χ1v) is 5.11. The second-order valence-corrected chi connectivity index (χ2v) is 4.13. The summed E-state index contributed by atoms with van der Waals surface area (Å²) in [5.74, 6) is -0.236. The van der Waals surface area contributed by atoms with E-state index in [2.05, 4.69) is 20.9 Å². The van der Waals surface area contributed by atoms with Gasteiger partial charge in [0.15, 0.2) is 0 Å². The van der Waals surface area contributed by atoms with Gasteiger partial charge >= 0.3 is 0 Å². The third-order valence-electron chi connectivity index (χ3n) is 2.20. The van der Waals surface area contributed by atoms with Crippen molar-refractivity contribution in [1.29, 1.82) is 0 Å². The van der Waals surface area contributed by atoms with Crippen molar-refractivity contribution >= 4 is 26.8 Å². The van der Waals surface area contributed by atoms with E-state index >= 15 is 0 Å². The molecule has 0 saturated carbocycles. The van der Waals surface area contributed by atoms with E-state index in [1.807, 2.05) is 26.0 Å². The maximum Gasteiger partial charge on any atom is 0.138 e. The van der Waals surface area contributed by atoms with E-state index in [0.717, 1.165) is 22.2 Å². The van der Waals surface area contributed by atoms with Crippen molar-refractivity contribution in [3.05, 3.63) is 39.7 Å². The van der Waals surface area contributed by atoms with Gasteiger partial charge < -0.3 is 0 Å². The van der Waals surface area contributed by atoms with Gasteiger partial charge in [0.2, 0.25) is 0 Å². The number of hydrogen-bond acceptors (Lipinski definition) is 1. The highest BCUT2D eigenvalue weighted by atomic mass is 79.9. The van der Waals surface area contributed by atoms with Gasteiger partial charge in [-0.3, -0.25) is 4.98 Å². The highest BCUT2D eigenvalue weighted by Gasteiger charge is 2.08. The lowest BCUT2D eigenvalue weighted by molar-refractivity contribution is 0.622. The summed E-state index contributed by atoms with van der Waals surface area (Å²) in [5.41, 5.74) is 2.67. The van der Waals surface area contributed by atoms with Gasteiger partial charge in [-0.1, -0.05) is 0 Å². The van der Waals surface area contributed by atoms with Crippen LogP contribution in [0.15, 0.2) is 22.7 Å². The molecule has 1 heterocycles. The Bertz CT molecular complexity index is 508. The van der Waals surface area contributed by atoms with Crippen molar-refractivity contribution < 1.29 is 4.39 Å². The van der Waals surface area contributed by atoms with Crippen LogP contribution in [0.25, 0.3) is 10.9 Å². The van der Waals surface area contributed by atoms with E-state index in [0.29, 0.717) is 4.47 Å². The summed E-state index contributed by atoms with van der Waals surface area (Å²) in [6, 6.07) is 5.27. The van der Waals surface area contributed by atoms with E-state index in [4.69, 9.17) is 0 Å². The lowest BCUT2D eigenvalue weighted by Crippen LogP contribution is -1.90. The lowest BCUT2D eigenvalue weighted by Gasteiger charge is -2.05. The largest absolute Gasteiger partial charge is 0.253 e. The van der Waals surface area contributed by atoms with Crippen molar-refractivity contribution in [2.75, 3.05) is 0 Å². The van der Waals surface area contributed by atoms with E-state index in [9.17, 15) is 4.39 Å². The molecule has 1 nitrogen and oxygen atoms in total. The molecule has 0 aliphatic heterocycles. The molecular weight excluding hydrogens is 245 g/mol. The van der Waals surface area contributed by atoms with Gasteiger partial charge in [0.05, 0.1) is 9.99 Å². The first kappa shape index (κ1) is 9.59. The third kappa shape index (κ3) is 1.42. The summed E-state index contributed by atoms with van der Waals surface area (Å²) < 4.78 is 13.8. The molecule has 0 amide bonds. The van der Waals surface area contributed by atoms with Crippen LogP contribution in [0, 0.1) is 19.7 Å². The summed E-state index contributed by atoms with van der Waals surface area (Å²) in [7, 11) is 0. The SMILES string of the molecule is Cc1ccc2c(Br)c(F)cc(C)c2n1. The Balaban J connectivity index is 2.94. The fourth-order valence-electron chi connectivity index (χ4n) is 1.48. The van der Waals surface area contributed by atoms with Gasteiger partial charge in [0.25, 0.3) is 0 Å². The molecule has 0 aliphatic carbocycles. The van der Waals surface area contributed by atoms with Crippen molar-refractivity contribution in [2.24, 2.45) is 0 Å². The van der Waals surface area contributed by atoms with Gasteiger partial charge in [-0.05, 0) is 53.5 Å². The average molecular weight is 254 g/mol. The number of pyridine rings is 1. The topological polar surface area (TPSA) is 12.9 Å². The minimum Gasteiger partial charge on any atom is -0.253 e. The molecule has 2 rings (SSSR count). The van der Waals surface area contributed by atoms with Crippen molar-refractivity contribution in [1.82, 2.24) is 4.98 Å². The Morgan fingerprint density at radius 3 is 2.71 bits per heavy atom. The zero-order valence-corrected chi connectivity index (χ0v) is 9.52. The number of nitrogens with zero attached hydrogens (tertiary/aromatic N) is 1. The van der Waals surface area contributed by atoms with Crippen LogP contribution in [0.3, 0.4) is 0 Å². The van der Waals surface area contributed by atoms with Crippen LogP contribution < -0.4 is 0 Å². The quantitative estimate of drug-likeness (QED) is 0.697. The Morgan fingerprint density at radius 1 is 1.29 bits per heavy atom. The molecule has 0 N–H and O–H groups in total. The minimum atomic E-state index is -0.236. The molecule has 0 unspecified atom stereocenters. The number of aryl methyl sites for hydroxylation is 2. The predicted octanol–water partition coefficient (Wildman–Crippen LogP) is 3.75. The first-order valence-electron chi connectivity index (χ1n) is 4.31. The van der Waals surface area contributed by atoms with Crippen molar-refractivity contribution in [2.45, 2.75) is 13.8 Å². The van der Waals surface area contributed by atoms with Gasteiger partial charge in [-0.25, -0.2) is 4.39 Å². The molecule has 0 spiro atoms.